The minimum Gasteiger partial charge on any atom is -0.496 e. The van der Waals surface area contributed by atoms with Crippen molar-refractivity contribution in [2.75, 3.05) is 20.2 Å². The number of hydrogen-bond acceptors (Lipinski definition) is 6. The van der Waals surface area contributed by atoms with Crippen LogP contribution >= 0.6 is 0 Å². The van der Waals surface area contributed by atoms with Crippen LogP contribution in [-0.4, -0.2) is 46.3 Å². The fourth-order valence-electron chi connectivity index (χ4n) is 3.31. The van der Waals surface area contributed by atoms with Gasteiger partial charge in [-0.1, -0.05) is 5.16 Å². The summed E-state index contributed by atoms with van der Waals surface area (Å²) >= 11 is 0. The Morgan fingerprint density at radius 1 is 1.40 bits per heavy atom. The van der Waals surface area contributed by atoms with Crippen molar-refractivity contribution in [2.45, 2.75) is 32.7 Å². The van der Waals surface area contributed by atoms with E-state index in [1.165, 1.54) is 0 Å². The lowest BCUT2D eigenvalue weighted by Gasteiger charge is -2.31. The fourth-order valence-corrected chi connectivity index (χ4v) is 3.31. The number of benzene rings is 1. The van der Waals surface area contributed by atoms with E-state index in [0.29, 0.717) is 18.4 Å². The van der Waals surface area contributed by atoms with Crippen molar-refractivity contribution in [3.63, 3.8) is 0 Å². The first-order valence-corrected chi connectivity index (χ1v) is 8.47. The van der Waals surface area contributed by atoms with Crippen molar-refractivity contribution in [3.05, 3.63) is 41.0 Å². The Morgan fingerprint density at radius 3 is 2.76 bits per heavy atom. The van der Waals surface area contributed by atoms with Crippen molar-refractivity contribution in [1.82, 2.24) is 15.0 Å². The monoisotopic (exact) mass is 345 g/mol. The smallest absolute Gasteiger partial charge is 0.335 e. The molecule has 0 amide bonds. The van der Waals surface area contributed by atoms with Crippen LogP contribution in [-0.2, 0) is 13.0 Å². The zero-order valence-electron chi connectivity index (χ0n) is 14.6. The van der Waals surface area contributed by atoms with Crippen molar-refractivity contribution in [1.29, 1.82) is 0 Å². The highest BCUT2D eigenvalue weighted by Gasteiger charge is 2.22. The van der Waals surface area contributed by atoms with Gasteiger partial charge in [0.05, 0.1) is 12.7 Å². The van der Waals surface area contributed by atoms with Crippen LogP contribution in [0.2, 0.25) is 0 Å². The van der Waals surface area contributed by atoms with Crippen LogP contribution in [0.5, 0.6) is 5.75 Å². The number of methoxy groups -OCH3 is 1. The lowest BCUT2D eigenvalue weighted by Crippen LogP contribution is -2.34. The highest BCUT2D eigenvalue weighted by molar-refractivity contribution is 5.88. The largest absolute Gasteiger partial charge is 0.496 e. The summed E-state index contributed by atoms with van der Waals surface area (Å²) < 4.78 is 10.4. The van der Waals surface area contributed by atoms with Crippen LogP contribution in [0.25, 0.3) is 0 Å². The summed E-state index contributed by atoms with van der Waals surface area (Å²) in [6.45, 7) is 4.42. The number of rotatable bonds is 6. The van der Waals surface area contributed by atoms with Crippen LogP contribution < -0.4 is 4.74 Å². The topological polar surface area (TPSA) is 88.7 Å². The second kappa shape index (κ2) is 7.65. The molecule has 25 heavy (non-hydrogen) atoms. The molecule has 1 N–H and O–H groups in total. The Kier molecular flexibility index (Phi) is 5.33. The van der Waals surface area contributed by atoms with Gasteiger partial charge in [-0.15, -0.1) is 0 Å². The Labute approximate surface area is 146 Å². The third-order valence-electron chi connectivity index (χ3n) is 4.67. The standard InChI is InChI=1S/C18H23N3O4/c1-12-19-17(20-25-12)9-13-5-7-21(8-6-13)11-15-10-14(18(22)23)3-4-16(15)24-2/h3-4,10,13H,5-9,11H2,1-2H3,(H,22,23). The number of aryl methyl sites for hydroxylation is 1. The van der Waals surface area contributed by atoms with Crippen LogP contribution in [0, 0.1) is 12.8 Å². The minimum atomic E-state index is -0.919. The van der Waals surface area contributed by atoms with Crippen LogP contribution in [0.4, 0.5) is 0 Å². The van der Waals surface area contributed by atoms with E-state index in [0.717, 1.165) is 49.5 Å². The van der Waals surface area contributed by atoms with E-state index in [1.54, 1.807) is 32.2 Å². The molecular formula is C18H23N3O4. The van der Waals surface area contributed by atoms with Crippen LogP contribution in [0.3, 0.4) is 0 Å². The molecular weight excluding hydrogens is 322 g/mol. The molecule has 7 nitrogen and oxygen atoms in total. The minimum absolute atomic E-state index is 0.290. The van der Waals surface area contributed by atoms with E-state index in [-0.39, 0.29) is 5.56 Å². The molecule has 1 aliphatic heterocycles. The molecule has 0 aliphatic carbocycles. The molecule has 2 aromatic rings. The van der Waals surface area contributed by atoms with Gasteiger partial charge in [-0.3, -0.25) is 4.90 Å². The maximum Gasteiger partial charge on any atom is 0.335 e. The summed E-state index contributed by atoms with van der Waals surface area (Å²) in [5.41, 5.74) is 1.20. The third kappa shape index (κ3) is 4.36. The SMILES string of the molecule is COc1ccc(C(=O)O)cc1CN1CCC(Cc2noc(C)n2)CC1. The molecule has 1 aliphatic rings. The second-order valence-electron chi connectivity index (χ2n) is 6.49. The van der Waals surface area contributed by atoms with Crippen molar-refractivity contribution in [2.24, 2.45) is 5.92 Å². The van der Waals surface area contributed by atoms with E-state index in [2.05, 4.69) is 15.0 Å². The summed E-state index contributed by atoms with van der Waals surface area (Å²) in [6, 6.07) is 5.00. The van der Waals surface area contributed by atoms with E-state index < -0.39 is 5.97 Å². The quantitative estimate of drug-likeness (QED) is 0.860. The lowest BCUT2D eigenvalue weighted by atomic mass is 9.93. The van der Waals surface area contributed by atoms with Gasteiger partial charge in [0.25, 0.3) is 0 Å². The Hall–Kier alpha value is -2.41. The Bertz CT molecular complexity index is 736. The van der Waals surface area contributed by atoms with Gasteiger partial charge in [0.2, 0.25) is 5.89 Å². The fraction of sp³-hybridized carbons (Fsp3) is 0.500. The summed E-state index contributed by atoms with van der Waals surface area (Å²) in [5, 5.41) is 13.2. The van der Waals surface area contributed by atoms with Gasteiger partial charge < -0.3 is 14.4 Å². The third-order valence-corrected chi connectivity index (χ3v) is 4.67. The number of carbonyl (C=O) groups is 1. The molecule has 0 radical (unpaired) electrons. The van der Waals surface area contributed by atoms with Gasteiger partial charge in [0.15, 0.2) is 5.82 Å². The Morgan fingerprint density at radius 2 is 2.16 bits per heavy atom. The van der Waals surface area contributed by atoms with Crippen molar-refractivity contribution < 1.29 is 19.2 Å². The molecule has 7 heteroatoms. The molecule has 1 aromatic carbocycles. The van der Waals surface area contributed by atoms with Gasteiger partial charge >= 0.3 is 5.97 Å². The van der Waals surface area contributed by atoms with Crippen molar-refractivity contribution in [3.8, 4) is 5.75 Å². The molecule has 3 rings (SSSR count). The van der Waals surface area contributed by atoms with Gasteiger partial charge in [-0.25, -0.2) is 4.79 Å². The van der Waals surface area contributed by atoms with Gasteiger partial charge in [0.1, 0.15) is 5.75 Å². The highest BCUT2D eigenvalue weighted by atomic mass is 16.5. The van der Waals surface area contributed by atoms with Crippen LogP contribution in [0.1, 0.15) is 40.5 Å². The number of aromatic carboxylic acids is 1. The maximum atomic E-state index is 11.2. The number of carboxylic acid groups (broad SMARTS) is 1. The molecule has 134 valence electrons. The molecule has 0 saturated carbocycles. The predicted octanol–water partition coefficient (Wildman–Crippen LogP) is 2.54. The molecule has 0 unspecified atom stereocenters. The zero-order valence-corrected chi connectivity index (χ0v) is 14.6. The van der Waals surface area contributed by atoms with Crippen molar-refractivity contribution >= 4 is 5.97 Å². The number of ether oxygens (including phenoxy) is 1. The lowest BCUT2D eigenvalue weighted by molar-refractivity contribution is 0.0696. The first kappa shape index (κ1) is 17.4. The number of aromatic nitrogens is 2. The van der Waals surface area contributed by atoms with E-state index >= 15 is 0 Å². The predicted molar refractivity (Wildman–Crippen MR) is 90.7 cm³/mol. The first-order valence-electron chi connectivity index (χ1n) is 8.47. The molecule has 0 bridgehead atoms. The summed E-state index contributed by atoms with van der Waals surface area (Å²) in [5.74, 6) is 1.76. The van der Waals surface area contributed by atoms with Gasteiger partial charge in [-0.2, -0.15) is 4.98 Å². The van der Waals surface area contributed by atoms with E-state index in [1.807, 2.05) is 0 Å². The van der Waals surface area contributed by atoms with Gasteiger partial charge in [-0.05, 0) is 50.0 Å². The van der Waals surface area contributed by atoms with E-state index in [9.17, 15) is 9.90 Å². The molecule has 2 heterocycles. The number of nitrogens with zero attached hydrogens (tertiary/aromatic N) is 3. The molecule has 0 atom stereocenters. The van der Waals surface area contributed by atoms with Gasteiger partial charge in [0, 0.05) is 25.5 Å². The average Bonchev–Trinajstić information content (AvgIpc) is 3.01. The first-order chi connectivity index (χ1) is 12.0. The normalized spacial score (nSPS) is 16.1. The summed E-state index contributed by atoms with van der Waals surface area (Å²) in [6.07, 6.45) is 2.98. The average molecular weight is 345 g/mol. The number of piperidine rings is 1. The second-order valence-corrected chi connectivity index (χ2v) is 6.49. The highest BCUT2D eigenvalue weighted by Crippen LogP contribution is 2.26. The molecule has 1 aromatic heterocycles. The molecule has 1 fully saturated rings. The molecule has 1 saturated heterocycles. The number of likely N-dealkylation sites (tertiary alicyclic amines) is 1. The van der Waals surface area contributed by atoms with Crippen LogP contribution in [0.15, 0.2) is 22.7 Å². The maximum absolute atomic E-state index is 11.2. The number of hydrogen-bond donors (Lipinski definition) is 1. The number of carboxylic acids is 1. The summed E-state index contributed by atoms with van der Waals surface area (Å²) in [7, 11) is 1.61. The zero-order chi connectivity index (χ0) is 17.8. The Balaban J connectivity index is 1.58. The summed E-state index contributed by atoms with van der Waals surface area (Å²) in [4.78, 5) is 17.8. The molecule has 0 spiro atoms. The van der Waals surface area contributed by atoms with E-state index in [4.69, 9.17) is 9.26 Å².